The molecule has 0 spiro atoms. The Morgan fingerprint density at radius 1 is 1.30 bits per heavy atom. The smallest absolute Gasteiger partial charge is 0.255 e. The first kappa shape index (κ1) is 14.3. The van der Waals surface area contributed by atoms with Crippen LogP contribution in [0.4, 0.5) is 0 Å². The lowest BCUT2D eigenvalue weighted by molar-refractivity contribution is 0.0938. The maximum atomic E-state index is 12.3. The number of rotatable bonds is 4. The Bertz CT molecular complexity index is 579. The number of hydrogen-bond acceptors (Lipinski definition) is 2. The van der Waals surface area contributed by atoms with Crippen LogP contribution in [-0.2, 0) is 6.42 Å². The van der Waals surface area contributed by atoms with Crippen molar-refractivity contribution in [2.24, 2.45) is 0 Å². The predicted molar refractivity (Wildman–Crippen MR) is 79.8 cm³/mol. The van der Waals surface area contributed by atoms with Crippen LogP contribution >= 0.6 is 0 Å². The second-order valence-corrected chi connectivity index (χ2v) is 5.10. The number of aryl methyl sites for hydroxylation is 3. The number of benzene rings is 1. The molecular weight excluding hydrogens is 250 g/mol. The highest BCUT2D eigenvalue weighted by Crippen LogP contribution is 2.16. The average molecular weight is 271 g/mol. The largest absolute Gasteiger partial charge is 0.345 e. The van der Waals surface area contributed by atoms with E-state index in [1.807, 2.05) is 20.8 Å². The zero-order chi connectivity index (χ0) is 14.7. The molecule has 1 aromatic heterocycles. The molecule has 0 radical (unpaired) electrons. The molecule has 106 valence electrons. The Balaban J connectivity index is 2.11. The van der Waals surface area contributed by atoms with Crippen LogP contribution in [0.15, 0.2) is 24.3 Å². The summed E-state index contributed by atoms with van der Waals surface area (Å²) in [5, 5.41) is 9.91. The topological polar surface area (TPSA) is 57.8 Å². The molecule has 1 heterocycles. The van der Waals surface area contributed by atoms with Gasteiger partial charge in [-0.15, -0.1) is 0 Å². The monoisotopic (exact) mass is 271 g/mol. The van der Waals surface area contributed by atoms with Crippen LogP contribution in [0.5, 0.6) is 0 Å². The van der Waals surface area contributed by atoms with Gasteiger partial charge in [-0.1, -0.05) is 31.2 Å². The van der Waals surface area contributed by atoms with Crippen LogP contribution in [0.25, 0.3) is 0 Å². The number of hydrogen-bond donors (Lipinski definition) is 2. The van der Waals surface area contributed by atoms with E-state index in [9.17, 15) is 4.79 Å². The molecule has 0 aliphatic carbocycles. The van der Waals surface area contributed by atoms with Gasteiger partial charge in [0.1, 0.15) is 0 Å². The number of H-pyrrole nitrogens is 1. The Morgan fingerprint density at radius 2 is 1.95 bits per heavy atom. The van der Waals surface area contributed by atoms with Gasteiger partial charge in [-0.3, -0.25) is 9.89 Å². The summed E-state index contributed by atoms with van der Waals surface area (Å²) in [4.78, 5) is 12.3. The molecule has 20 heavy (non-hydrogen) atoms. The quantitative estimate of drug-likeness (QED) is 0.897. The third kappa shape index (κ3) is 2.90. The number of amides is 1. The van der Waals surface area contributed by atoms with Crippen LogP contribution in [0.3, 0.4) is 0 Å². The van der Waals surface area contributed by atoms with E-state index in [1.165, 1.54) is 5.56 Å². The van der Waals surface area contributed by atoms with Gasteiger partial charge in [-0.2, -0.15) is 5.10 Å². The van der Waals surface area contributed by atoms with Crippen molar-refractivity contribution in [2.45, 2.75) is 40.2 Å². The van der Waals surface area contributed by atoms with Gasteiger partial charge in [0, 0.05) is 5.69 Å². The number of aromatic nitrogens is 2. The van der Waals surface area contributed by atoms with E-state index in [1.54, 1.807) is 0 Å². The summed E-state index contributed by atoms with van der Waals surface area (Å²) < 4.78 is 0. The SMILES string of the molecule is CCc1ccc(C(C)NC(=O)c2c(C)n[nH]c2C)cc1. The molecule has 0 bridgehead atoms. The molecule has 2 rings (SSSR count). The minimum absolute atomic E-state index is 0.0258. The van der Waals surface area contributed by atoms with E-state index in [2.05, 4.69) is 46.7 Å². The fourth-order valence-electron chi connectivity index (χ4n) is 2.28. The van der Waals surface area contributed by atoms with E-state index in [4.69, 9.17) is 0 Å². The van der Waals surface area contributed by atoms with Gasteiger partial charge in [0.15, 0.2) is 0 Å². The van der Waals surface area contributed by atoms with Crippen LogP contribution in [0, 0.1) is 13.8 Å². The minimum Gasteiger partial charge on any atom is -0.345 e. The number of carbonyl (C=O) groups is 1. The highest BCUT2D eigenvalue weighted by Gasteiger charge is 2.17. The van der Waals surface area contributed by atoms with Gasteiger partial charge in [-0.25, -0.2) is 0 Å². The average Bonchev–Trinajstić information content (AvgIpc) is 2.78. The van der Waals surface area contributed by atoms with E-state index in [-0.39, 0.29) is 11.9 Å². The highest BCUT2D eigenvalue weighted by molar-refractivity contribution is 5.96. The number of aromatic amines is 1. The molecule has 1 atom stereocenters. The van der Waals surface area contributed by atoms with Crippen molar-refractivity contribution in [1.82, 2.24) is 15.5 Å². The first-order valence-corrected chi connectivity index (χ1v) is 6.94. The summed E-state index contributed by atoms with van der Waals surface area (Å²) in [7, 11) is 0. The molecule has 0 aliphatic heterocycles. The lowest BCUT2D eigenvalue weighted by atomic mass is 10.0. The minimum atomic E-state index is -0.0826. The Labute approximate surface area is 119 Å². The fourth-order valence-corrected chi connectivity index (χ4v) is 2.28. The number of nitrogens with one attached hydrogen (secondary N) is 2. The van der Waals surface area contributed by atoms with Gasteiger partial charge < -0.3 is 5.32 Å². The molecule has 1 aromatic carbocycles. The Kier molecular flexibility index (Phi) is 4.23. The molecule has 2 aromatic rings. The van der Waals surface area contributed by atoms with Gasteiger partial charge in [0.2, 0.25) is 0 Å². The van der Waals surface area contributed by atoms with Crippen molar-refractivity contribution in [3.05, 3.63) is 52.3 Å². The Hall–Kier alpha value is -2.10. The summed E-state index contributed by atoms with van der Waals surface area (Å²) in [6.07, 6.45) is 1.02. The van der Waals surface area contributed by atoms with Crippen LogP contribution < -0.4 is 5.32 Å². The van der Waals surface area contributed by atoms with E-state index >= 15 is 0 Å². The second-order valence-electron chi connectivity index (χ2n) is 5.10. The van der Waals surface area contributed by atoms with E-state index < -0.39 is 0 Å². The normalized spacial score (nSPS) is 12.2. The van der Waals surface area contributed by atoms with Crippen molar-refractivity contribution in [3.8, 4) is 0 Å². The van der Waals surface area contributed by atoms with Crippen molar-refractivity contribution in [3.63, 3.8) is 0 Å². The van der Waals surface area contributed by atoms with Crippen molar-refractivity contribution in [1.29, 1.82) is 0 Å². The molecule has 1 amide bonds. The molecular formula is C16H21N3O. The third-order valence-corrected chi connectivity index (χ3v) is 3.59. The molecule has 0 saturated carbocycles. The molecule has 0 aliphatic rings. The summed E-state index contributed by atoms with van der Waals surface area (Å²) >= 11 is 0. The first-order valence-electron chi connectivity index (χ1n) is 6.94. The predicted octanol–water partition coefficient (Wildman–Crippen LogP) is 3.08. The van der Waals surface area contributed by atoms with Crippen molar-refractivity contribution >= 4 is 5.91 Å². The van der Waals surface area contributed by atoms with E-state index in [0.717, 1.165) is 23.4 Å². The lowest BCUT2D eigenvalue weighted by Gasteiger charge is -2.15. The Morgan fingerprint density at radius 3 is 2.45 bits per heavy atom. The van der Waals surface area contributed by atoms with E-state index in [0.29, 0.717) is 5.56 Å². The number of carbonyl (C=O) groups excluding carboxylic acids is 1. The molecule has 2 N–H and O–H groups in total. The zero-order valence-electron chi connectivity index (χ0n) is 12.4. The highest BCUT2D eigenvalue weighted by atomic mass is 16.1. The number of nitrogens with zero attached hydrogens (tertiary/aromatic N) is 1. The summed E-state index contributed by atoms with van der Waals surface area (Å²) in [6.45, 7) is 7.81. The van der Waals surface area contributed by atoms with Crippen LogP contribution in [-0.4, -0.2) is 16.1 Å². The van der Waals surface area contributed by atoms with Crippen LogP contribution in [0.2, 0.25) is 0 Å². The first-order chi connectivity index (χ1) is 9.52. The van der Waals surface area contributed by atoms with Crippen molar-refractivity contribution < 1.29 is 4.79 Å². The molecule has 1 unspecified atom stereocenters. The van der Waals surface area contributed by atoms with Gasteiger partial charge in [0.05, 0.1) is 17.3 Å². The molecule has 0 saturated heterocycles. The maximum absolute atomic E-state index is 12.3. The zero-order valence-corrected chi connectivity index (χ0v) is 12.4. The van der Waals surface area contributed by atoms with Gasteiger partial charge in [-0.05, 0) is 38.3 Å². The molecule has 0 fully saturated rings. The van der Waals surface area contributed by atoms with Crippen molar-refractivity contribution in [2.75, 3.05) is 0 Å². The standard InChI is InChI=1S/C16H21N3O/c1-5-13-6-8-14(9-7-13)10(2)17-16(20)15-11(3)18-19-12(15)4/h6-10H,5H2,1-4H3,(H,17,20)(H,18,19). The second kappa shape index (κ2) is 5.90. The maximum Gasteiger partial charge on any atom is 0.255 e. The summed E-state index contributed by atoms with van der Waals surface area (Å²) in [5.74, 6) is -0.0826. The lowest BCUT2D eigenvalue weighted by Crippen LogP contribution is -2.27. The fraction of sp³-hybridized carbons (Fsp3) is 0.375. The van der Waals surface area contributed by atoms with Crippen LogP contribution in [0.1, 0.15) is 52.8 Å². The van der Waals surface area contributed by atoms with Gasteiger partial charge in [0.25, 0.3) is 5.91 Å². The van der Waals surface area contributed by atoms with Gasteiger partial charge >= 0.3 is 0 Å². The molecule has 4 nitrogen and oxygen atoms in total. The summed E-state index contributed by atoms with van der Waals surface area (Å²) in [5.41, 5.74) is 4.58. The summed E-state index contributed by atoms with van der Waals surface area (Å²) in [6, 6.07) is 8.32. The molecule has 4 heteroatoms. The third-order valence-electron chi connectivity index (χ3n) is 3.59.